The number of carbonyl (C=O) groups is 3. The summed E-state index contributed by atoms with van der Waals surface area (Å²) in [7, 11) is 3.53. The molecule has 3 aromatic carbocycles. The van der Waals surface area contributed by atoms with E-state index in [9.17, 15) is 29.7 Å². The van der Waals surface area contributed by atoms with Crippen LogP contribution in [0.3, 0.4) is 0 Å². The molecule has 10 heteroatoms. The number of anilines is 1. The molecule has 0 radical (unpaired) electrons. The summed E-state index contributed by atoms with van der Waals surface area (Å²) in [6.45, 7) is 2.52. The number of amides is 3. The van der Waals surface area contributed by atoms with Crippen LogP contribution in [0.2, 0.25) is 0 Å². The molecule has 1 atom stereocenters. The van der Waals surface area contributed by atoms with E-state index < -0.39 is 12.1 Å². The molecule has 0 unspecified atom stereocenters. The lowest BCUT2D eigenvalue weighted by atomic mass is 9.89. The van der Waals surface area contributed by atoms with Gasteiger partial charge in [-0.15, -0.1) is 0 Å². The Morgan fingerprint density at radius 2 is 1.62 bits per heavy atom. The number of carbonyl (C=O) groups excluding carboxylic acids is 2. The highest BCUT2D eigenvalue weighted by atomic mass is 16.4. The fourth-order valence-corrected chi connectivity index (χ4v) is 6.45. The first kappa shape index (κ1) is 30.0. The van der Waals surface area contributed by atoms with Crippen molar-refractivity contribution in [2.24, 2.45) is 7.05 Å². The molecule has 10 nitrogen and oxygen atoms in total. The summed E-state index contributed by atoms with van der Waals surface area (Å²) in [6.07, 6.45) is 0.0134. The van der Waals surface area contributed by atoms with Gasteiger partial charge in [-0.2, -0.15) is 0 Å². The van der Waals surface area contributed by atoms with Crippen LogP contribution in [0.5, 0.6) is 5.75 Å². The number of aliphatic hydroxyl groups is 1. The van der Waals surface area contributed by atoms with Gasteiger partial charge in [-0.1, -0.05) is 24.3 Å². The number of benzene rings is 3. The van der Waals surface area contributed by atoms with Crippen LogP contribution in [-0.2, 0) is 33.0 Å². The average molecular weight is 609 g/mol. The molecule has 2 aliphatic rings. The van der Waals surface area contributed by atoms with E-state index in [1.54, 1.807) is 36.2 Å². The monoisotopic (exact) mass is 608 g/mol. The normalized spacial score (nSPS) is 15.8. The zero-order valence-electron chi connectivity index (χ0n) is 25.5. The second-order valence-electron chi connectivity index (χ2n) is 11.8. The van der Waals surface area contributed by atoms with Crippen molar-refractivity contribution < 1.29 is 29.7 Å². The Hall–Kier alpha value is -5.09. The highest BCUT2D eigenvalue weighted by Gasteiger charge is 2.33. The molecular weight excluding hydrogens is 572 g/mol. The van der Waals surface area contributed by atoms with Crippen LogP contribution < -0.4 is 4.90 Å². The van der Waals surface area contributed by atoms with Crippen molar-refractivity contribution in [2.75, 3.05) is 25.1 Å². The summed E-state index contributed by atoms with van der Waals surface area (Å²) < 4.78 is 1.90. The van der Waals surface area contributed by atoms with Crippen molar-refractivity contribution in [2.45, 2.75) is 38.9 Å². The Bertz CT molecular complexity index is 1810. The number of phenols is 1. The smallest absolute Gasteiger partial charge is 0.407 e. The number of aromatic nitrogens is 1. The largest absolute Gasteiger partial charge is 0.508 e. The number of hydrogen-bond acceptors (Lipinski definition) is 5. The van der Waals surface area contributed by atoms with Gasteiger partial charge in [-0.25, -0.2) is 4.79 Å². The molecule has 232 valence electrons. The number of hydrogen-bond donors (Lipinski definition) is 3. The maximum atomic E-state index is 14.5. The van der Waals surface area contributed by atoms with Crippen LogP contribution in [0.1, 0.15) is 48.7 Å². The Balaban J connectivity index is 1.45. The molecule has 2 aliphatic heterocycles. The third-order valence-corrected chi connectivity index (χ3v) is 9.26. The summed E-state index contributed by atoms with van der Waals surface area (Å²) in [5.41, 5.74) is 7.37. The first-order valence-corrected chi connectivity index (χ1v) is 14.9. The Labute approximate surface area is 261 Å². The fraction of sp³-hybridized carbons (Fsp3) is 0.286. The van der Waals surface area contributed by atoms with E-state index >= 15 is 0 Å². The van der Waals surface area contributed by atoms with Gasteiger partial charge in [0.15, 0.2) is 0 Å². The number of fused-ring (bicyclic) bond motifs is 2. The quantitative estimate of drug-likeness (QED) is 0.305. The zero-order chi connectivity index (χ0) is 32.0. The molecule has 45 heavy (non-hydrogen) atoms. The lowest BCUT2D eigenvalue weighted by Gasteiger charge is -2.37. The standard InChI is InChI=1S/C35H36N4O6/c1-21-29(33(42)37(3)26-8-10-28(41)11-9-26)17-32(36(21)2)30-15-23-12-13-38(35(44)45)18-25(23)16-31(30)34(43)39-19-24-7-5-4-6-22(24)14-27(39)20-40/h4-11,15-17,27,40-41H,12-14,18-20H2,1-3H3,(H,44,45)/t27-/m0/s1. The molecule has 0 saturated carbocycles. The van der Waals surface area contributed by atoms with Crippen LogP contribution in [-0.4, -0.2) is 73.8 Å². The van der Waals surface area contributed by atoms with Crippen molar-refractivity contribution in [1.82, 2.24) is 14.4 Å². The predicted molar refractivity (Wildman–Crippen MR) is 169 cm³/mol. The van der Waals surface area contributed by atoms with Gasteiger partial charge < -0.3 is 34.6 Å². The summed E-state index contributed by atoms with van der Waals surface area (Å²) in [6, 6.07) is 19.4. The van der Waals surface area contributed by atoms with Crippen molar-refractivity contribution in [1.29, 1.82) is 0 Å². The fourth-order valence-electron chi connectivity index (χ4n) is 6.45. The first-order chi connectivity index (χ1) is 21.6. The minimum Gasteiger partial charge on any atom is -0.508 e. The van der Waals surface area contributed by atoms with E-state index in [0.717, 1.165) is 22.3 Å². The van der Waals surface area contributed by atoms with Crippen LogP contribution >= 0.6 is 0 Å². The average Bonchev–Trinajstić information content (AvgIpc) is 3.35. The Morgan fingerprint density at radius 3 is 2.31 bits per heavy atom. The van der Waals surface area contributed by atoms with E-state index in [2.05, 4.69) is 0 Å². The molecule has 3 amide bonds. The van der Waals surface area contributed by atoms with Gasteiger partial charge in [0, 0.05) is 61.9 Å². The van der Waals surface area contributed by atoms with E-state index in [0.29, 0.717) is 59.7 Å². The highest BCUT2D eigenvalue weighted by Crippen LogP contribution is 2.35. The molecule has 4 aromatic rings. The van der Waals surface area contributed by atoms with Gasteiger partial charge in [0.1, 0.15) is 5.75 Å². The Kier molecular flexibility index (Phi) is 7.84. The maximum Gasteiger partial charge on any atom is 0.407 e. The van der Waals surface area contributed by atoms with Crippen molar-refractivity contribution in [3.8, 4) is 17.0 Å². The number of carboxylic acid groups (broad SMARTS) is 1. The van der Waals surface area contributed by atoms with Crippen molar-refractivity contribution >= 4 is 23.6 Å². The van der Waals surface area contributed by atoms with E-state index in [1.165, 1.54) is 21.9 Å². The van der Waals surface area contributed by atoms with Gasteiger partial charge in [-0.05, 0) is 84.5 Å². The lowest BCUT2D eigenvalue weighted by Crippen LogP contribution is -2.46. The molecule has 1 aromatic heterocycles. The van der Waals surface area contributed by atoms with Crippen LogP contribution in [0, 0.1) is 6.92 Å². The minimum absolute atomic E-state index is 0.106. The second-order valence-corrected chi connectivity index (χ2v) is 11.8. The van der Waals surface area contributed by atoms with E-state index in [4.69, 9.17) is 0 Å². The molecule has 0 aliphatic carbocycles. The van der Waals surface area contributed by atoms with Crippen LogP contribution in [0.4, 0.5) is 10.5 Å². The second kappa shape index (κ2) is 11.8. The van der Waals surface area contributed by atoms with Gasteiger partial charge in [0.05, 0.1) is 18.2 Å². The topological polar surface area (TPSA) is 127 Å². The molecule has 3 N–H and O–H groups in total. The highest BCUT2D eigenvalue weighted by molar-refractivity contribution is 6.08. The molecule has 6 rings (SSSR count). The number of rotatable bonds is 5. The molecular formula is C35H36N4O6. The lowest BCUT2D eigenvalue weighted by molar-refractivity contribution is 0.0544. The zero-order valence-corrected chi connectivity index (χ0v) is 25.5. The van der Waals surface area contributed by atoms with Gasteiger partial charge >= 0.3 is 6.09 Å². The van der Waals surface area contributed by atoms with Gasteiger partial charge in [-0.3, -0.25) is 9.59 Å². The van der Waals surface area contributed by atoms with Crippen molar-refractivity contribution in [3.63, 3.8) is 0 Å². The summed E-state index contributed by atoms with van der Waals surface area (Å²) in [5, 5.41) is 29.7. The summed E-state index contributed by atoms with van der Waals surface area (Å²) >= 11 is 0. The first-order valence-electron chi connectivity index (χ1n) is 14.9. The number of nitrogens with zero attached hydrogens (tertiary/aromatic N) is 4. The Morgan fingerprint density at radius 1 is 0.911 bits per heavy atom. The summed E-state index contributed by atoms with van der Waals surface area (Å²) in [5.74, 6) is -0.396. The summed E-state index contributed by atoms with van der Waals surface area (Å²) in [4.78, 5) is 44.6. The molecule has 0 saturated heterocycles. The van der Waals surface area contributed by atoms with E-state index in [-0.39, 0.29) is 30.7 Å². The van der Waals surface area contributed by atoms with Gasteiger partial charge in [0.25, 0.3) is 11.8 Å². The van der Waals surface area contributed by atoms with Crippen LogP contribution in [0.25, 0.3) is 11.3 Å². The molecule has 3 heterocycles. The molecule has 0 bridgehead atoms. The number of aliphatic hydroxyl groups excluding tert-OH is 1. The predicted octanol–water partition coefficient (Wildman–Crippen LogP) is 4.58. The molecule has 0 fully saturated rings. The SMILES string of the molecule is Cc1c(C(=O)N(C)c2ccc(O)cc2)cc(-c2cc3c(cc2C(=O)N2Cc4ccccc4C[C@H]2CO)CN(C(=O)O)CC3)n1C. The van der Waals surface area contributed by atoms with Crippen LogP contribution in [0.15, 0.2) is 66.7 Å². The van der Waals surface area contributed by atoms with Gasteiger partial charge in [0.2, 0.25) is 0 Å². The minimum atomic E-state index is -1.01. The van der Waals surface area contributed by atoms with E-state index in [1.807, 2.05) is 48.9 Å². The maximum absolute atomic E-state index is 14.5. The molecule has 0 spiro atoms. The van der Waals surface area contributed by atoms with Crippen molar-refractivity contribution in [3.05, 3.63) is 106 Å². The number of aromatic hydroxyl groups is 1. The third-order valence-electron chi connectivity index (χ3n) is 9.26. The number of phenolic OH excluding ortho intramolecular Hbond substituents is 1. The third kappa shape index (κ3) is 5.42.